The van der Waals surface area contributed by atoms with Gasteiger partial charge in [-0.2, -0.15) is 13.9 Å². The normalized spacial score (nSPS) is 23.9. The van der Waals surface area contributed by atoms with E-state index in [2.05, 4.69) is 5.10 Å². The fourth-order valence-corrected chi connectivity index (χ4v) is 2.34. The fourth-order valence-electron chi connectivity index (χ4n) is 2.34. The van der Waals surface area contributed by atoms with Crippen LogP contribution >= 0.6 is 0 Å². The second-order valence-corrected chi connectivity index (χ2v) is 4.96. The summed E-state index contributed by atoms with van der Waals surface area (Å²) in [5.74, 6) is 0.252. The third-order valence-electron chi connectivity index (χ3n) is 3.56. The lowest BCUT2D eigenvalue weighted by Gasteiger charge is -2.32. The molecule has 5 nitrogen and oxygen atoms in total. The van der Waals surface area contributed by atoms with Crippen LogP contribution < -0.4 is 0 Å². The van der Waals surface area contributed by atoms with Crippen LogP contribution in [0.2, 0.25) is 0 Å². The minimum Gasteiger partial charge on any atom is -0.374 e. The molecule has 0 radical (unpaired) electrons. The molecule has 1 atom stereocenters. The van der Waals surface area contributed by atoms with Gasteiger partial charge in [0.2, 0.25) is 0 Å². The van der Waals surface area contributed by atoms with Gasteiger partial charge < -0.3 is 9.64 Å². The number of ether oxygens (including phenoxy) is 1. The number of morpholine rings is 1. The van der Waals surface area contributed by atoms with Crippen molar-refractivity contribution in [2.45, 2.75) is 25.5 Å². The highest BCUT2D eigenvalue weighted by molar-refractivity contribution is 5.92. The monoisotopic (exact) mass is 271 g/mol. The van der Waals surface area contributed by atoms with Gasteiger partial charge in [-0.3, -0.25) is 4.79 Å². The molecular weight excluding hydrogens is 256 g/mol. The molecule has 2 fully saturated rings. The van der Waals surface area contributed by atoms with Crippen LogP contribution in [0.5, 0.6) is 0 Å². The van der Waals surface area contributed by atoms with Gasteiger partial charge in [0, 0.05) is 19.3 Å². The third kappa shape index (κ3) is 2.60. The van der Waals surface area contributed by atoms with Crippen molar-refractivity contribution >= 4 is 5.91 Å². The summed E-state index contributed by atoms with van der Waals surface area (Å²) in [6, 6.07) is 1.33. The largest absolute Gasteiger partial charge is 0.374 e. The van der Waals surface area contributed by atoms with Crippen LogP contribution in [0.25, 0.3) is 0 Å². The quantitative estimate of drug-likeness (QED) is 0.837. The highest BCUT2D eigenvalue weighted by atomic mass is 19.3. The first kappa shape index (κ1) is 12.5. The predicted molar refractivity (Wildman–Crippen MR) is 61.8 cm³/mol. The number of aromatic nitrogens is 2. The van der Waals surface area contributed by atoms with Crippen LogP contribution in [0.1, 0.15) is 29.9 Å². The molecular formula is C12H15F2N3O2. The van der Waals surface area contributed by atoms with E-state index < -0.39 is 6.55 Å². The van der Waals surface area contributed by atoms with E-state index in [9.17, 15) is 13.6 Å². The number of hydrogen-bond acceptors (Lipinski definition) is 3. The highest BCUT2D eigenvalue weighted by Crippen LogP contribution is 2.35. The number of amides is 1. The molecule has 1 amide bonds. The number of nitrogens with zero attached hydrogens (tertiary/aromatic N) is 3. The SMILES string of the molecule is O=C(c1ccn(C(F)F)n1)N1CCO[C@H](C2CC2)C1. The van der Waals surface area contributed by atoms with Gasteiger partial charge in [-0.25, -0.2) is 4.68 Å². The Morgan fingerprint density at radius 2 is 2.26 bits per heavy atom. The van der Waals surface area contributed by atoms with Gasteiger partial charge in [-0.05, 0) is 24.8 Å². The number of rotatable bonds is 3. The maximum atomic E-state index is 12.4. The lowest BCUT2D eigenvalue weighted by Crippen LogP contribution is -2.46. The van der Waals surface area contributed by atoms with E-state index in [-0.39, 0.29) is 17.7 Å². The van der Waals surface area contributed by atoms with Crippen LogP contribution in [0.3, 0.4) is 0 Å². The molecule has 104 valence electrons. The predicted octanol–water partition coefficient (Wildman–Crippen LogP) is 1.53. The van der Waals surface area contributed by atoms with E-state index in [1.165, 1.54) is 6.07 Å². The summed E-state index contributed by atoms with van der Waals surface area (Å²) in [5.41, 5.74) is 0.0664. The smallest absolute Gasteiger partial charge is 0.333 e. The Bertz CT molecular complexity index is 473. The first-order valence-electron chi connectivity index (χ1n) is 6.39. The van der Waals surface area contributed by atoms with Crippen LogP contribution in [-0.2, 0) is 4.74 Å². The molecule has 0 aromatic carbocycles. The van der Waals surface area contributed by atoms with Crippen LogP contribution in [0.4, 0.5) is 8.78 Å². The van der Waals surface area contributed by atoms with E-state index in [0.717, 1.165) is 19.0 Å². The summed E-state index contributed by atoms with van der Waals surface area (Å²) < 4.78 is 30.9. The summed E-state index contributed by atoms with van der Waals surface area (Å²) in [7, 11) is 0. The Morgan fingerprint density at radius 1 is 1.47 bits per heavy atom. The number of alkyl halides is 2. The fraction of sp³-hybridized carbons (Fsp3) is 0.667. The van der Waals surface area contributed by atoms with Gasteiger partial charge in [0.1, 0.15) is 0 Å². The molecule has 2 aliphatic rings. The van der Waals surface area contributed by atoms with Gasteiger partial charge in [0.15, 0.2) is 5.69 Å². The Labute approximate surface area is 109 Å². The van der Waals surface area contributed by atoms with Gasteiger partial charge in [0.25, 0.3) is 5.91 Å². The summed E-state index contributed by atoms with van der Waals surface area (Å²) in [6.45, 7) is -1.19. The van der Waals surface area contributed by atoms with Gasteiger partial charge in [-0.1, -0.05) is 0 Å². The van der Waals surface area contributed by atoms with Crippen molar-refractivity contribution in [3.8, 4) is 0 Å². The molecule has 1 aromatic heterocycles. The lowest BCUT2D eigenvalue weighted by molar-refractivity contribution is -0.0316. The Morgan fingerprint density at radius 3 is 2.89 bits per heavy atom. The molecule has 2 heterocycles. The summed E-state index contributed by atoms with van der Waals surface area (Å²) >= 11 is 0. The average Bonchev–Trinajstić information content (AvgIpc) is 3.15. The standard InChI is InChI=1S/C12H15F2N3O2/c13-12(14)17-4-3-9(15-17)11(18)16-5-6-19-10(7-16)8-1-2-8/h3-4,8,10,12H,1-2,5-7H2/t10-/m0/s1. The minimum absolute atomic E-state index is 0.0664. The van der Waals surface area contributed by atoms with Crippen LogP contribution in [0, 0.1) is 5.92 Å². The van der Waals surface area contributed by atoms with E-state index >= 15 is 0 Å². The zero-order chi connectivity index (χ0) is 13.4. The average molecular weight is 271 g/mol. The molecule has 1 aliphatic heterocycles. The molecule has 0 N–H and O–H groups in total. The molecule has 0 bridgehead atoms. The molecule has 1 saturated carbocycles. The van der Waals surface area contributed by atoms with Crippen molar-refractivity contribution < 1.29 is 18.3 Å². The molecule has 7 heteroatoms. The molecule has 19 heavy (non-hydrogen) atoms. The maximum Gasteiger partial charge on any atom is 0.333 e. The first-order valence-corrected chi connectivity index (χ1v) is 6.39. The van der Waals surface area contributed by atoms with Crippen molar-refractivity contribution in [1.82, 2.24) is 14.7 Å². The molecule has 0 unspecified atom stereocenters. The molecule has 0 spiro atoms. The van der Waals surface area contributed by atoms with E-state index in [1.807, 2.05) is 0 Å². The Kier molecular flexibility index (Phi) is 3.22. The highest BCUT2D eigenvalue weighted by Gasteiger charge is 2.36. The molecule has 1 aliphatic carbocycles. The summed E-state index contributed by atoms with van der Waals surface area (Å²) in [5, 5.41) is 3.61. The Hall–Kier alpha value is -1.50. The van der Waals surface area contributed by atoms with Crippen LogP contribution in [-0.4, -0.2) is 46.4 Å². The second-order valence-electron chi connectivity index (χ2n) is 4.96. The number of halogens is 2. The topological polar surface area (TPSA) is 47.4 Å². The number of carbonyl (C=O) groups is 1. The van der Waals surface area contributed by atoms with Crippen molar-refractivity contribution in [3.05, 3.63) is 18.0 Å². The number of hydrogen-bond donors (Lipinski definition) is 0. The first-order chi connectivity index (χ1) is 9.15. The number of carbonyl (C=O) groups excluding carboxylic acids is 1. The maximum absolute atomic E-state index is 12.4. The van der Waals surface area contributed by atoms with Crippen molar-refractivity contribution in [3.63, 3.8) is 0 Å². The van der Waals surface area contributed by atoms with Gasteiger partial charge >= 0.3 is 6.55 Å². The summed E-state index contributed by atoms with van der Waals surface area (Å²) in [6.07, 6.45) is 3.51. The van der Waals surface area contributed by atoms with Crippen LogP contribution in [0.15, 0.2) is 12.3 Å². The zero-order valence-corrected chi connectivity index (χ0v) is 10.3. The molecule has 3 rings (SSSR count). The summed E-state index contributed by atoms with van der Waals surface area (Å²) in [4.78, 5) is 13.8. The second kappa shape index (κ2) is 4.88. The lowest BCUT2D eigenvalue weighted by atomic mass is 10.2. The minimum atomic E-state index is -2.72. The van der Waals surface area contributed by atoms with Gasteiger partial charge in [-0.15, -0.1) is 0 Å². The van der Waals surface area contributed by atoms with Gasteiger partial charge in [0.05, 0.1) is 12.7 Å². The van der Waals surface area contributed by atoms with E-state index in [4.69, 9.17) is 4.74 Å². The van der Waals surface area contributed by atoms with E-state index in [0.29, 0.717) is 30.3 Å². The van der Waals surface area contributed by atoms with E-state index in [1.54, 1.807) is 4.90 Å². The molecule has 1 aromatic rings. The molecule has 1 saturated heterocycles. The van der Waals surface area contributed by atoms with Crippen molar-refractivity contribution in [1.29, 1.82) is 0 Å². The zero-order valence-electron chi connectivity index (χ0n) is 10.3. The van der Waals surface area contributed by atoms with Crippen molar-refractivity contribution in [2.24, 2.45) is 5.92 Å². The third-order valence-corrected chi connectivity index (χ3v) is 3.56. The van der Waals surface area contributed by atoms with Crippen molar-refractivity contribution in [2.75, 3.05) is 19.7 Å². The Balaban J connectivity index is 1.68.